The van der Waals surface area contributed by atoms with Gasteiger partial charge in [-0.15, -0.1) is 0 Å². The number of benzene rings is 3. The highest BCUT2D eigenvalue weighted by Gasteiger charge is 2.74. The Balaban J connectivity index is 1.42. The highest BCUT2D eigenvalue weighted by Crippen LogP contribution is 2.49. The molecule has 0 fully saturated rings. The third kappa shape index (κ3) is 5.38. The summed E-state index contributed by atoms with van der Waals surface area (Å²) in [6.45, 7) is 0.868. The molecule has 3 aromatic carbocycles. The Hall–Kier alpha value is -3.83. The van der Waals surface area contributed by atoms with Gasteiger partial charge in [-0.05, 0) is 47.4 Å². The van der Waals surface area contributed by atoms with Gasteiger partial charge in [0.25, 0.3) is 11.5 Å². The summed E-state index contributed by atoms with van der Waals surface area (Å²) in [4.78, 5) is 14.5. The Morgan fingerprint density at radius 2 is 1.50 bits per heavy atom. The number of anilines is 1. The second-order valence-electron chi connectivity index (χ2n) is 9.99. The molecule has 1 unspecified atom stereocenters. The first kappa shape index (κ1) is 29.7. The summed E-state index contributed by atoms with van der Waals surface area (Å²) in [6.07, 6.45) is -10.5. The zero-order chi connectivity index (χ0) is 30.3. The van der Waals surface area contributed by atoms with Gasteiger partial charge in [0.1, 0.15) is 0 Å². The van der Waals surface area contributed by atoms with Crippen molar-refractivity contribution in [2.24, 2.45) is 5.10 Å². The van der Waals surface area contributed by atoms with Gasteiger partial charge in [0, 0.05) is 25.1 Å². The molecule has 1 atom stereocenters. The van der Waals surface area contributed by atoms with Gasteiger partial charge < -0.3 is 10.0 Å². The smallest absolute Gasteiger partial charge is 0.369 e. The predicted molar refractivity (Wildman–Crippen MR) is 147 cm³/mol. The molecule has 5 nitrogen and oxygen atoms in total. The van der Waals surface area contributed by atoms with E-state index in [9.17, 15) is 36.2 Å². The topological polar surface area (TPSA) is 56.1 Å². The first-order chi connectivity index (χ1) is 19.8. The zero-order valence-corrected chi connectivity index (χ0v) is 22.6. The second-order valence-corrected chi connectivity index (χ2v) is 10.4. The fraction of sp³-hybridized carbons (Fsp3) is 0.267. The van der Waals surface area contributed by atoms with Crippen molar-refractivity contribution < 1.29 is 36.2 Å². The van der Waals surface area contributed by atoms with Crippen LogP contribution < -0.4 is 5.01 Å². The molecule has 1 amide bonds. The van der Waals surface area contributed by atoms with E-state index in [2.05, 4.69) is 5.10 Å². The maximum Gasteiger partial charge on any atom is 0.431 e. The van der Waals surface area contributed by atoms with Crippen molar-refractivity contribution in [1.82, 2.24) is 4.90 Å². The molecule has 2 aliphatic heterocycles. The molecule has 220 valence electrons. The minimum Gasteiger partial charge on any atom is -0.369 e. The number of aliphatic hydroxyl groups is 1. The highest BCUT2D eigenvalue weighted by molar-refractivity contribution is 6.33. The SMILES string of the molecule is O=C(c1ccccc1)N1CC=C(c2ccc(C3CC(C(O)(C(F)(F)F)C(F)(F)F)=NN3c3ccccc3Cl)cc2)CC1. The summed E-state index contributed by atoms with van der Waals surface area (Å²) >= 11 is 6.25. The molecule has 0 saturated carbocycles. The number of para-hydroxylation sites is 1. The molecular formula is C30H24ClF6N3O2. The number of nitrogens with zero attached hydrogens (tertiary/aromatic N) is 3. The lowest BCUT2D eigenvalue weighted by molar-refractivity contribution is -0.338. The van der Waals surface area contributed by atoms with Gasteiger partial charge in [0.2, 0.25) is 0 Å². The monoisotopic (exact) mass is 607 g/mol. The van der Waals surface area contributed by atoms with Gasteiger partial charge in [-0.25, -0.2) is 0 Å². The summed E-state index contributed by atoms with van der Waals surface area (Å²) in [5.74, 6) is -0.0874. The van der Waals surface area contributed by atoms with E-state index >= 15 is 0 Å². The normalized spacial score (nSPS) is 18.1. The first-order valence-electron chi connectivity index (χ1n) is 12.9. The molecule has 0 aromatic heterocycles. The highest BCUT2D eigenvalue weighted by atomic mass is 35.5. The largest absolute Gasteiger partial charge is 0.431 e. The average molecular weight is 608 g/mol. The predicted octanol–water partition coefficient (Wildman–Crippen LogP) is 7.43. The molecule has 0 aliphatic carbocycles. The van der Waals surface area contributed by atoms with Crippen molar-refractivity contribution in [2.45, 2.75) is 36.8 Å². The van der Waals surface area contributed by atoms with Crippen LogP contribution in [-0.2, 0) is 0 Å². The van der Waals surface area contributed by atoms with E-state index in [4.69, 9.17) is 11.6 Å². The third-order valence-electron chi connectivity index (χ3n) is 7.43. The van der Waals surface area contributed by atoms with Crippen LogP contribution in [0.1, 0.15) is 40.4 Å². The van der Waals surface area contributed by atoms with Crippen LogP contribution in [-0.4, -0.2) is 52.7 Å². The van der Waals surface area contributed by atoms with Crippen LogP contribution in [0.2, 0.25) is 5.02 Å². The van der Waals surface area contributed by atoms with Crippen molar-refractivity contribution in [1.29, 1.82) is 0 Å². The van der Waals surface area contributed by atoms with Crippen molar-refractivity contribution in [3.63, 3.8) is 0 Å². The van der Waals surface area contributed by atoms with E-state index in [0.717, 1.165) is 16.1 Å². The van der Waals surface area contributed by atoms with E-state index in [1.807, 2.05) is 12.1 Å². The molecule has 3 aromatic rings. The summed E-state index contributed by atoms with van der Waals surface area (Å²) in [5.41, 5.74) is -3.80. The molecule has 0 bridgehead atoms. The van der Waals surface area contributed by atoms with E-state index in [0.29, 0.717) is 30.6 Å². The van der Waals surface area contributed by atoms with Gasteiger partial charge in [-0.2, -0.15) is 31.4 Å². The Bertz CT molecular complexity index is 1510. The number of carbonyl (C=O) groups is 1. The Kier molecular flexibility index (Phi) is 7.84. The first-order valence-corrected chi connectivity index (χ1v) is 13.3. The summed E-state index contributed by atoms with van der Waals surface area (Å²) < 4.78 is 82.2. The molecule has 1 N–H and O–H groups in total. The molecule has 0 radical (unpaired) electrons. The van der Waals surface area contributed by atoms with Gasteiger partial charge in [0.15, 0.2) is 0 Å². The number of halogens is 7. The summed E-state index contributed by atoms with van der Waals surface area (Å²) in [7, 11) is 0. The van der Waals surface area contributed by atoms with Crippen LogP contribution in [0.4, 0.5) is 32.0 Å². The maximum absolute atomic E-state index is 13.7. The van der Waals surface area contributed by atoms with Crippen LogP contribution in [0.15, 0.2) is 90.0 Å². The van der Waals surface area contributed by atoms with E-state index in [1.165, 1.54) is 18.2 Å². The van der Waals surface area contributed by atoms with Gasteiger partial charge in [0.05, 0.1) is 22.5 Å². The number of amides is 1. The minimum atomic E-state index is -6.06. The summed E-state index contributed by atoms with van der Waals surface area (Å²) in [6, 6.07) is 20.4. The zero-order valence-electron chi connectivity index (χ0n) is 21.8. The van der Waals surface area contributed by atoms with Crippen LogP contribution in [0.25, 0.3) is 5.57 Å². The standard InChI is InChI=1S/C30H24ClF6N3O2/c31-23-8-4-5-9-24(23)40-25(18-26(38-40)28(42,29(32,33)34)30(35,36)37)21-12-10-19(11-13-21)20-14-16-39(17-15-20)27(41)22-6-2-1-3-7-22/h1-14,25,42H,15-18H2. The number of carbonyl (C=O) groups excluding carboxylic acids is 1. The number of hydrogen-bond donors (Lipinski definition) is 1. The van der Waals surface area contributed by atoms with Crippen molar-refractivity contribution >= 4 is 34.5 Å². The number of hydrazone groups is 1. The van der Waals surface area contributed by atoms with Crippen molar-refractivity contribution in [2.75, 3.05) is 18.1 Å². The quantitative estimate of drug-likeness (QED) is 0.307. The van der Waals surface area contributed by atoms with Gasteiger partial charge in [-0.1, -0.05) is 72.3 Å². The molecule has 2 heterocycles. The number of alkyl halides is 6. The fourth-order valence-corrected chi connectivity index (χ4v) is 5.36. The summed E-state index contributed by atoms with van der Waals surface area (Å²) in [5, 5.41) is 14.8. The van der Waals surface area contributed by atoms with Crippen LogP contribution in [0.5, 0.6) is 0 Å². The lowest BCUT2D eigenvalue weighted by atomic mass is 9.89. The molecule has 2 aliphatic rings. The molecule has 0 saturated heterocycles. The van der Waals surface area contributed by atoms with Gasteiger partial charge in [-0.3, -0.25) is 9.80 Å². The molecule has 42 heavy (non-hydrogen) atoms. The molecule has 5 rings (SSSR count). The average Bonchev–Trinajstić information content (AvgIpc) is 3.41. The minimum absolute atomic E-state index is 0.0636. The van der Waals surface area contributed by atoms with Crippen LogP contribution >= 0.6 is 11.6 Å². The number of hydrogen-bond acceptors (Lipinski definition) is 4. The molecular weight excluding hydrogens is 584 g/mol. The fourth-order valence-electron chi connectivity index (χ4n) is 5.13. The lowest BCUT2D eigenvalue weighted by Crippen LogP contribution is -2.62. The molecule has 12 heteroatoms. The maximum atomic E-state index is 13.7. The Labute approximate surface area is 242 Å². The Morgan fingerprint density at radius 3 is 2.07 bits per heavy atom. The van der Waals surface area contributed by atoms with Crippen LogP contribution in [0, 0.1) is 0 Å². The van der Waals surface area contributed by atoms with E-state index in [-0.39, 0.29) is 16.6 Å². The lowest BCUT2D eigenvalue weighted by Gasteiger charge is -2.32. The van der Waals surface area contributed by atoms with Crippen molar-refractivity contribution in [3.8, 4) is 0 Å². The number of rotatable bonds is 5. The van der Waals surface area contributed by atoms with Crippen LogP contribution in [0.3, 0.4) is 0 Å². The Morgan fingerprint density at radius 1 is 0.881 bits per heavy atom. The molecule has 0 spiro atoms. The third-order valence-corrected chi connectivity index (χ3v) is 7.75. The van der Waals surface area contributed by atoms with E-state index in [1.54, 1.807) is 59.5 Å². The van der Waals surface area contributed by atoms with Crippen molar-refractivity contribution in [3.05, 3.63) is 107 Å². The van der Waals surface area contributed by atoms with E-state index < -0.39 is 36.1 Å². The second kappa shape index (κ2) is 11.1. The van der Waals surface area contributed by atoms with Gasteiger partial charge >= 0.3 is 12.4 Å².